The van der Waals surface area contributed by atoms with Gasteiger partial charge in [-0.2, -0.15) is 0 Å². The van der Waals surface area contributed by atoms with Crippen LogP contribution in [0.25, 0.3) is 0 Å². The van der Waals surface area contributed by atoms with Crippen LogP contribution in [0.1, 0.15) is 6.42 Å². The molecule has 0 amide bonds. The maximum absolute atomic E-state index is 8.27. The maximum Gasteiger partial charge on any atom is 0.0493 e. The fourth-order valence-corrected chi connectivity index (χ4v) is 1.10. The van der Waals surface area contributed by atoms with Crippen molar-refractivity contribution in [2.45, 2.75) is 6.42 Å². The topological polar surface area (TPSA) is 41.5 Å². The van der Waals surface area contributed by atoms with Gasteiger partial charge in [0.15, 0.2) is 0 Å². The Labute approximate surface area is 55.0 Å². The Bertz CT molecular complexity index is 77.1. The van der Waals surface area contributed by atoms with E-state index in [2.05, 4.69) is 5.48 Å². The van der Waals surface area contributed by atoms with Crippen molar-refractivity contribution >= 4 is 0 Å². The van der Waals surface area contributed by atoms with E-state index < -0.39 is 0 Å². The monoisotopic (exact) mass is 131 g/mol. The normalized spacial score (nSPS) is 32.7. The van der Waals surface area contributed by atoms with Crippen molar-refractivity contribution in [1.82, 2.24) is 5.48 Å². The van der Waals surface area contributed by atoms with Crippen LogP contribution < -0.4 is 5.48 Å². The first kappa shape index (κ1) is 6.99. The van der Waals surface area contributed by atoms with Gasteiger partial charge in [0.25, 0.3) is 0 Å². The molecular formula is C6H13NO2. The average Bonchev–Trinajstić information content (AvgIpc) is 2.50. The van der Waals surface area contributed by atoms with Gasteiger partial charge in [-0.25, -0.2) is 5.48 Å². The van der Waals surface area contributed by atoms with Crippen molar-refractivity contribution in [3.05, 3.63) is 0 Å². The molecule has 0 aliphatic heterocycles. The Balaban J connectivity index is 1.96. The second-order valence-corrected chi connectivity index (χ2v) is 2.57. The SMILES string of the molecule is COC[C@@H]1C[C@H]1CNO. The van der Waals surface area contributed by atoms with Gasteiger partial charge >= 0.3 is 0 Å². The Morgan fingerprint density at radius 3 is 3.00 bits per heavy atom. The largest absolute Gasteiger partial charge is 0.384 e. The van der Waals surface area contributed by atoms with Crippen molar-refractivity contribution in [3.8, 4) is 0 Å². The molecule has 0 aromatic rings. The summed E-state index contributed by atoms with van der Waals surface area (Å²) in [7, 11) is 1.71. The smallest absolute Gasteiger partial charge is 0.0493 e. The Kier molecular flexibility index (Phi) is 2.45. The minimum atomic E-state index is 0.648. The second-order valence-electron chi connectivity index (χ2n) is 2.57. The standard InChI is InChI=1S/C6H13NO2/c1-9-4-6-2-5(6)3-7-8/h5-8H,2-4H2,1H3/t5-,6-/m0/s1. The molecule has 3 heteroatoms. The van der Waals surface area contributed by atoms with Crippen LogP contribution in [-0.4, -0.2) is 25.5 Å². The highest BCUT2D eigenvalue weighted by Crippen LogP contribution is 2.37. The molecule has 0 aromatic heterocycles. The molecule has 0 aromatic carbocycles. The van der Waals surface area contributed by atoms with E-state index in [0.717, 1.165) is 6.61 Å². The summed E-state index contributed by atoms with van der Waals surface area (Å²) in [6, 6.07) is 0. The molecule has 1 aliphatic rings. The minimum absolute atomic E-state index is 0.648. The van der Waals surface area contributed by atoms with E-state index in [-0.39, 0.29) is 0 Å². The molecule has 0 bridgehead atoms. The zero-order chi connectivity index (χ0) is 6.69. The fraction of sp³-hybridized carbons (Fsp3) is 1.00. The van der Waals surface area contributed by atoms with Gasteiger partial charge in [0.1, 0.15) is 0 Å². The quantitative estimate of drug-likeness (QED) is 0.537. The molecule has 1 fully saturated rings. The van der Waals surface area contributed by atoms with Crippen LogP contribution in [0.2, 0.25) is 0 Å². The highest BCUT2D eigenvalue weighted by Gasteiger charge is 2.36. The number of hydrogen-bond acceptors (Lipinski definition) is 3. The van der Waals surface area contributed by atoms with Gasteiger partial charge in [0, 0.05) is 20.3 Å². The number of rotatable bonds is 4. The van der Waals surface area contributed by atoms with Crippen molar-refractivity contribution in [2.24, 2.45) is 11.8 Å². The molecule has 9 heavy (non-hydrogen) atoms. The predicted octanol–water partition coefficient (Wildman–Crippen LogP) is 0.248. The van der Waals surface area contributed by atoms with E-state index in [1.165, 1.54) is 6.42 Å². The highest BCUT2D eigenvalue weighted by molar-refractivity contribution is 4.86. The molecule has 1 saturated carbocycles. The van der Waals surface area contributed by atoms with Crippen LogP contribution in [0.5, 0.6) is 0 Å². The van der Waals surface area contributed by atoms with Crippen LogP contribution in [0.15, 0.2) is 0 Å². The Hall–Kier alpha value is -0.120. The number of methoxy groups -OCH3 is 1. The van der Waals surface area contributed by atoms with Crippen LogP contribution >= 0.6 is 0 Å². The lowest BCUT2D eigenvalue weighted by Gasteiger charge is -1.95. The first-order valence-corrected chi connectivity index (χ1v) is 3.24. The van der Waals surface area contributed by atoms with Crippen LogP contribution in [0, 0.1) is 11.8 Å². The third-order valence-corrected chi connectivity index (χ3v) is 1.80. The van der Waals surface area contributed by atoms with Crippen LogP contribution in [-0.2, 0) is 4.74 Å². The van der Waals surface area contributed by atoms with E-state index in [1.807, 2.05) is 0 Å². The van der Waals surface area contributed by atoms with E-state index in [9.17, 15) is 0 Å². The molecule has 0 unspecified atom stereocenters. The number of ether oxygens (including phenoxy) is 1. The van der Waals surface area contributed by atoms with Gasteiger partial charge < -0.3 is 9.94 Å². The number of hydroxylamine groups is 1. The molecule has 3 nitrogen and oxygen atoms in total. The summed E-state index contributed by atoms with van der Waals surface area (Å²) < 4.78 is 4.93. The third-order valence-electron chi connectivity index (χ3n) is 1.80. The number of hydrogen-bond donors (Lipinski definition) is 2. The number of nitrogens with one attached hydrogen (secondary N) is 1. The summed E-state index contributed by atoms with van der Waals surface area (Å²) in [4.78, 5) is 0. The van der Waals surface area contributed by atoms with E-state index in [1.54, 1.807) is 7.11 Å². The lowest BCUT2D eigenvalue weighted by atomic mass is 10.3. The maximum atomic E-state index is 8.27. The summed E-state index contributed by atoms with van der Waals surface area (Å²) in [5, 5.41) is 8.27. The lowest BCUT2D eigenvalue weighted by molar-refractivity contribution is 0.149. The molecule has 0 heterocycles. The molecule has 0 radical (unpaired) electrons. The molecule has 2 atom stereocenters. The highest BCUT2D eigenvalue weighted by atomic mass is 16.5. The third kappa shape index (κ3) is 1.93. The predicted molar refractivity (Wildman–Crippen MR) is 33.3 cm³/mol. The second kappa shape index (κ2) is 3.15. The molecule has 2 N–H and O–H groups in total. The first-order valence-electron chi connectivity index (χ1n) is 3.24. The molecule has 0 saturated heterocycles. The summed E-state index contributed by atoms with van der Waals surface area (Å²) in [5.41, 5.74) is 2.16. The zero-order valence-corrected chi connectivity index (χ0v) is 5.63. The van der Waals surface area contributed by atoms with Gasteiger partial charge in [0.05, 0.1) is 0 Å². The average molecular weight is 131 g/mol. The van der Waals surface area contributed by atoms with Gasteiger partial charge in [-0.15, -0.1) is 0 Å². The van der Waals surface area contributed by atoms with E-state index in [0.29, 0.717) is 18.4 Å². The van der Waals surface area contributed by atoms with E-state index in [4.69, 9.17) is 9.94 Å². The van der Waals surface area contributed by atoms with Crippen LogP contribution in [0.3, 0.4) is 0 Å². The lowest BCUT2D eigenvalue weighted by Crippen LogP contribution is -2.12. The van der Waals surface area contributed by atoms with Crippen LogP contribution in [0.4, 0.5) is 0 Å². The van der Waals surface area contributed by atoms with Gasteiger partial charge in [-0.3, -0.25) is 0 Å². The van der Waals surface area contributed by atoms with E-state index >= 15 is 0 Å². The summed E-state index contributed by atoms with van der Waals surface area (Å²) in [6.07, 6.45) is 1.20. The zero-order valence-electron chi connectivity index (χ0n) is 5.63. The van der Waals surface area contributed by atoms with Gasteiger partial charge in [-0.05, 0) is 18.3 Å². The minimum Gasteiger partial charge on any atom is -0.384 e. The molecule has 1 rings (SSSR count). The fourth-order valence-electron chi connectivity index (χ4n) is 1.10. The van der Waals surface area contributed by atoms with Crippen molar-refractivity contribution in [3.63, 3.8) is 0 Å². The molecule has 1 aliphatic carbocycles. The first-order chi connectivity index (χ1) is 4.38. The Morgan fingerprint density at radius 2 is 2.44 bits per heavy atom. The van der Waals surface area contributed by atoms with Gasteiger partial charge in [0.2, 0.25) is 0 Å². The van der Waals surface area contributed by atoms with Crippen molar-refractivity contribution in [1.29, 1.82) is 0 Å². The van der Waals surface area contributed by atoms with Crippen molar-refractivity contribution < 1.29 is 9.94 Å². The molecule has 54 valence electrons. The summed E-state index contributed by atoms with van der Waals surface area (Å²) in [5.74, 6) is 1.34. The van der Waals surface area contributed by atoms with Gasteiger partial charge in [-0.1, -0.05) is 0 Å². The molecule has 0 spiro atoms. The van der Waals surface area contributed by atoms with Crippen molar-refractivity contribution in [2.75, 3.05) is 20.3 Å². The summed E-state index contributed by atoms with van der Waals surface area (Å²) in [6.45, 7) is 1.56. The Morgan fingerprint density at radius 1 is 1.67 bits per heavy atom. The molecular weight excluding hydrogens is 118 g/mol. The summed E-state index contributed by atoms with van der Waals surface area (Å²) >= 11 is 0.